The van der Waals surface area contributed by atoms with Crippen LogP contribution in [0.25, 0.3) is 22.6 Å². The highest BCUT2D eigenvalue weighted by Crippen LogP contribution is 2.28. The molecule has 3 rings (SSSR count). The van der Waals surface area contributed by atoms with Crippen molar-refractivity contribution >= 4 is 22.5 Å². The van der Waals surface area contributed by atoms with E-state index in [2.05, 4.69) is 4.98 Å². The summed E-state index contributed by atoms with van der Waals surface area (Å²) in [5, 5.41) is 10.7. The van der Waals surface area contributed by atoms with Crippen LogP contribution in [0.2, 0.25) is 0 Å². The molecular formula is C14H11N3O3. The predicted molar refractivity (Wildman–Crippen MR) is 75.2 cm³/mol. The fraction of sp³-hybridized carbons (Fsp3) is 0.0714. The predicted octanol–water partition coefficient (Wildman–Crippen LogP) is 3.29. The van der Waals surface area contributed by atoms with Crippen molar-refractivity contribution in [1.82, 2.24) is 4.98 Å². The average molecular weight is 269 g/mol. The average Bonchev–Trinajstić information content (AvgIpc) is 2.84. The van der Waals surface area contributed by atoms with Gasteiger partial charge in [-0.05, 0) is 36.8 Å². The highest BCUT2D eigenvalue weighted by Gasteiger charge is 2.13. The number of nitro benzene ring substituents is 1. The Morgan fingerprint density at radius 2 is 2.05 bits per heavy atom. The van der Waals surface area contributed by atoms with Crippen LogP contribution in [0, 0.1) is 17.0 Å². The number of benzene rings is 2. The number of non-ortho nitro benzene ring substituents is 1. The van der Waals surface area contributed by atoms with Crippen LogP contribution >= 0.6 is 0 Å². The number of hydrogen-bond acceptors (Lipinski definition) is 5. The van der Waals surface area contributed by atoms with Gasteiger partial charge >= 0.3 is 0 Å². The lowest BCUT2D eigenvalue weighted by atomic mass is 10.1. The fourth-order valence-corrected chi connectivity index (χ4v) is 1.96. The van der Waals surface area contributed by atoms with Crippen LogP contribution in [0.15, 0.2) is 40.8 Å². The maximum absolute atomic E-state index is 10.7. The van der Waals surface area contributed by atoms with Crippen LogP contribution < -0.4 is 5.73 Å². The first-order valence-corrected chi connectivity index (χ1v) is 5.96. The molecule has 100 valence electrons. The normalized spacial score (nSPS) is 10.8. The Balaban J connectivity index is 2.12. The summed E-state index contributed by atoms with van der Waals surface area (Å²) in [7, 11) is 0. The van der Waals surface area contributed by atoms with Gasteiger partial charge in [0.1, 0.15) is 5.52 Å². The van der Waals surface area contributed by atoms with Gasteiger partial charge in [-0.3, -0.25) is 10.1 Å². The van der Waals surface area contributed by atoms with Crippen molar-refractivity contribution < 1.29 is 9.34 Å². The minimum Gasteiger partial charge on any atom is -0.436 e. The van der Waals surface area contributed by atoms with Gasteiger partial charge in [-0.25, -0.2) is 4.98 Å². The maximum atomic E-state index is 10.7. The van der Waals surface area contributed by atoms with Crippen molar-refractivity contribution in [2.75, 3.05) is 5.73 Å². The Morgan fingerprint density at radius 3 is 2.75 bits per heavy atom. The quantitative estimate of drug-likeness (QED) is 0.437. The smallest absolute Gasteiger partial charge is 0.271 e. The molecule has 0 spiro atoms. The molecule has 20 heavy (non-hydrogen) atoms. The second-order valence-electron chi connectivity index (χ2n) is 4.50. The lowest BCUT2D eigenvalue weighted by Crippen LogP contribution is -1.89. The van der Waals surface area contributed by atoms with E-state index in [1.165, 1.54) is 12.1 Å². The van der Waals surface area contributed by atoms with E-state index in [1.807, 2.05) is 19.1 Å². The van der Waals surface area contributed by atoms with Crippen LogP contribution in [-0.2, 0) is 0 Å². The first-order valence-electron chi connectivity index (χ1n) is 5.96. The lowest BCUT2D eigenvalue weighted by Gasteiger charge is -2.00. The topological polar surface area (TPSA) is 95.2 Å². The number of hydrogen-bond donors (Lipinski definition) is 1. The standard InChI is InChI=1S/C14H11N3O3/c1-8-6-9(2-4-11(8)15)14-16-12-7-10(17(18)19)3-5-13(12)20-14/h2-7H,15H2,1H3. The Labute approximate surface area is 114 Å². The molecule has 2 N–H and O–H groups in total. The summed E-state index contributed by atoms with van der Waals surface area (Å²) in [6, 6.07) is 9.80. The van der Waals surface area contributed by atoms with E-state index < -0.39 is 4.92 Å². The molecule has 0 saturated heterocycles. The van der Waals surface area contributed by atoms with E-state index in [0.717, 1.165) is 11.1 Å². The molecule has 1 aromatic heterocycles. The minimum absolute atomic E-state index is 0.00848. The summed E-state index contributed by atoms with van der Waals surface area (Å²) in [4.78, 5) is 14.6. The number of fused-ring (bicyclic) bond motifs is 1. The fourth-order valence-electron chi connectivity index (χ4n) is 1.96. The van der Waals surface area contributed by atoms with Crippen LogP contribution in [-0.4, -0.2) is 9.91 Å². The van der Waals surface area contributed by atoms with Crippen molar-refractivity contribution in [3.8, 4) is 11.5 Å². The van der Waals surface area contributed by atoms with Gasteiger partial charge < -0.3 is 10.2 Å². The third kappa shape index (κ3) is 1.97. The number of nitrogen functional groups attached to an aromatic ring is 1. The molecule has 3 aromatic rings. The van der Waals surface area contributed by atoms with E-state index in [0.29, 0.717) is 22.7 Å². The number of rotatable bonds is 2. The monoisotopic (exact) mass is 269 g/mol. The number of anilines is 1. The Bertz CT molecular complexity index is 824. The molecular weight excluding hydrogens is 258 g/mol. The van der Waals surface area contributed by atoms with Crippen molar-refractivity contribution in [2.45, 2.75) is 6.92 Å². The molecule has 6 heteroatoms. The summed E-state index contributed by atoms with van der Waals surface area (Å²) in [6.45, 7) is 1.90. The van der Waals surface area contributed by atoms with Gasteiger partial charge in [0.25, 0.3) is 5.69 Å². The van der Waals surface area contributed by atoms with Crippen molar-refractivity contribution in [1.29, 1.82) is 0 Å². The van der Waals surface area contributed by atoms with Crippen molar-refractivity contribution in [3.63, 3.8) is 0 Å². The van der Waals surface area contributed by atoms with Crippen LogP contribution in [0.5, 0.6) is 0 Å². The number of aromatic nitrogens is 1. The van der Waals surface area contributed by atoms with E-state index in [9.17, 15) is 10.1 Å². The summed E-state index contributed by atoms with van der Waals surface area (Å²) in [5.74, 6) is 0.420. The van der Waals surface area contributed by atoms with Crippen LogP contribution in [0.3, 0.4) is 0 Å². The molecule has 0 aliphatic carbocycles. The van der Waals surface area contributed by atoms with Gasteiger partial charge in [0.05, 0.1) is 4.92 Å². The molecule has 2 aromatic carbocycles. The van der Waals surface area contributed by atoms with Gasteiger partial charge in [0, 0.05) is 23.4 Å². The van der Waals surface area contributed by atoms with Crippen LogP contribution in [0.1, 0.15) is 5.56 Å². The number of oxazole rings is 1. The summed E-state index contributed by atoms with van der Waals surface area (Å²) in [5.41, 5.74) is 9.15. The van der Waals surface area contributed by atoms with Gasteiger partial charge in [-0.15, -0.1) is 0 Å². The molecule has 0 aliphatic heterocycles. The van der Waals surface area contributed by atoms with Crippen LogP contribution in [0.4, 0.5) is 11.4 Å². The zero-order chi connectivity index (χ0) is 14.3. The number of nitro groups is 1. The van der Waals surface area contributed by atoms with Gasteiger partial charge in [0.15, 0.2) is 5.58 Å². The molecule has 1 heterocycles. The number of nitrogens with two attached hydrogens (primary N) is 1. The Hall–Kier alpha value is -2.89. The van der Waals surface area contributed by atoms with Crippen molar-refractivity contribution in [2.24, 2.45) is 0 Å². The number of aryl methyl sites for hydroxylation is 1. The Kier molecular flexibility index (Phi) is 2.64. The lowest BCUT2D eigenvalue weighted by molar-refractivity contribution is -0.384. The Morgan fingerprint density at radius 1 is 1.25 bits per heavy atom. The molecule has 0 unspecified atom stereocenters. The molecule has 0 fully saturated rings. The summed E-state index contributed by atoms with van der Waals surface area (Å²) in [6.07, 6.45) is 0. The first kappa shape index (κ1) is 12.2. The zero-order valence-electron chi connectivity index (χ0n) is 10.7. The first-order chi connectivity index (χ1) is 9.54. The van der Waals surface area contributed by atoms with Crippen molar-refractivity contribution in [3.05, 3.63) is 52.1 Å². The molecule has 0 amide bonds. The number of nitrogens with zero attached hydrogens (tertiary/aromatic N) is 2. The van der Waals surface area contributed by atoms with Gasteiger partial charge in [0.2, 0.25) is 5.89 Å². The molecule has 0 radical (unpaired) electrons. The second kappa shape index (κ2) is 4.34. The van der Waals surface area contributed by atoms with E-state index >= 15 is 0 Å². The maximum Gasteiger partial charge on any atom is 0.271 e. The zero-order valence-corrected chi connectivity index (χ0v) is 10.7. The minimum atomic E-state index is -0.457. The summed E-state index contributed by atoms with van der Waals surface area (Å²) >= 11 is 0. The summed E-state index contributed by atoms with van der Waals surface area (Å²) < 4.78 is 5.61. The van der Waals surface area contributed by atoms with E-state index in [1.54, 1.807) is 12.1 Å². The third-order valence-electron chi connectivity index (χ3n) is 3.10. The van der Waals surface area contributed by atoms with E-state index in [4.69, 9.17) is 10.2 Å². The highest BCUT2D eigenvalue weighted by atomic mass is 16.6. The second-order valence-corrected chi connectivity index (χ2v) is 4.50. The largest absolute Gasteiger partial charge is 0.436 e. The van der Waals surface area contributed by atoms with E-state index in [-0.39, 0.29) is 5.69 Å². The van der Waals surface area contributed by atoms with Gasteiger partial charge in [-0.2, -0.15) is 0 Å². The molecule has 0 atom stereocenters. The molecule has 6 nitrogen and oxygen atoms in total. The molecule has 0 bridgehead atoms. The third-order valence-corrected chi connectivity index (χ3v) is 3.10. The van der Waals surface area contributed by atoms with Gasteiger partial charge in [-0.1, -0.05) is 0 Å². The highest BCUT2D eigenvalue weighted by molar-refractivity contribution is 5.79. The molecule has 0 saturated carbocycles. The SMILES string of the molecule is Cc1cc(-c2nc3cc([N+](=O)[O-])ccc3o2)ccc1N. The molecule has 0 aliphatic rings.